The lowest BCUT2D eigenvalue weighted by atomic mass is 9.78. The monoisotopic (exact) mass is 332 g/mol. The predicted octanol–water partition coefficient (Wildman–Crippen LogP) is 1.35. The number of Topliss-reactive ketones (excluding diaryl/α,β-unsaturated/α-hetero) is 2. The molecule has 0 amide bonds. The molecular weight excluding hydrogens is 311 g/mol. The highest BCUT2D eigenvalue weighted by atomic mass is 16.7. The van der Waals surface area contributed by atoms with Crippen LogP contribution in [0.15, 0.2) is 18.2 Å². The second-order valence-electron chi connectivity index (χ2n) is 7.08. The van der Waals surface area contributed by atoms with E-state index in [1.807, 2.05) is 27.7 Å². The van der Waals surface area contributed by atoms with Crippen LogP contribution in [-0.2, 0) is 18.8 Å². The lowest BCUT2D eigenvalue weighted by Gasteiger charge is -2.32. The molecule has 6 nitrogen and oxygen atoms in total. The zero-order valence-corrected chi connectivity index (χ0v) is 14.8. The van der Waals surface area contributed by atoms with E-state index in [2.05, 4.69) is 0 Å². The number of benzene rings is 1. The van der Waals surface area contributed by atoms with Crippen molar-refractivity contribution < 1.29 is 28.4 Å². The number of carbonyl (C=O) groups excluding carboxylic acids is 2. The third kappa shape index (κ3) is 2.12. The van der Waals surface area contributed by atoms with E-state index in [1.165, 1.54) is 14.2 Å². The molecule has 1 aromatic carbocycles. The maximum atomic E-state index is 12.7. The third-order valence-electron chi connectivity index (χ3n) is 5.23. The van der Waals surface area contributed by atoms with Crippen LogP contribution in [0.4, 0.5) is 0 Å². The molecule has 0 N–H and O–H groups in total. The van der Waals surface area contributed by atoms with Gasteiger partial charge in [0.25, 0.3) is 5.79 Å². The first-order valence-electron chi connectivity index (χ1n) is 7.79. The van der Waals surface area contributed by atoms with Crippen LogP contribution in [0.1, 0.15) is 48.4 Å². The highest BCUT2D eigenvalue weighted by Gasteiger charge is 2.56. The molecule has 0 aromatic heterocycles. The van der Waals surface area contributed by atoms with Gasteiger partial charge in [0.2, 0.25) is 11.6 Å². The van der Waals surface area contributed by atoms with Gasteiger partial charge in [-0.25, -0.2) is 0 Å². The molecule has 24 heavy (non-hydrogen) atoms. The highest BCUT2D eigenvalue weighted by Crippen LogP contribution is 2.37. The van der Waals surface area contributed by atoms with Crippen LogP contribution in [0, 0.1) is 0 Å². The minimum absolute atomic E-state index is 0.260. The van der Waals surface area contributed by atoms with Gasteiger partial charge in [-0.3, -0.25) is 9.59 Å². The zero-order valence-electron chi connectivity index (χ0n) is 14.8. The van der Waals surface area contributed by atoms with E-state index in [-0.39, 0.29) is 11.1 Å². The van der Waals surface area contributed by atoms with Gasteiger partial charge in [-0.1, -0.05) is 18.2 Å². The number of fused-ring (bicyclic) bond motifs is 1. The Labute approximate surface area is 141 Å². The molecule has 0 unspecified atom stereocenters. The average molecular weight is 332 g/mol. The Hall–Kier alpha value is -1.54. The highest BCUT2D eigenvalue weighted by molar-refractivity contribution is 6.62. The van der Waals surface area contributed by atoms with E-state index in [0.29, 0.717) is 5.46 Å². The van der Waals surface area contributed by atoms with Crippen LogP contribution < -0.4 is 5.46 Å². The van der Waals surface area contributed by atoms with Crippen molar-refractivity contribution in [3.05, 3.63) is 29.3 Å². The van der Waals surface area contributed by atoms with Crippen molar-refractivity contribution in [3.8, 4) is 0 Å². The number of hydrogen-bond donors (Lipinski definition) is 0. The van der Waals surface area contributed by atoms with Crippen molar-refractivity contribution in [1.29, 1.82) is 0 Å². The van der Waals surface area contributed by atoms with E-state index < -0.39 is 35.7 Å². The summed E-state index contributed by atoms with van der Waals surface area (Å²) in [5.41, 5.74) is 0.245. The number of methoxy groups -OCH3 is 2. The number of ether oxygens (including phenoxy) is 2. The molecule has 7 heteroatoms. The third-order valence-corrected chi connectivity index (χ3v) is 5.23. The number of ketones is 2. The molecule has 1 aromatic rings. The first-order valence-corrected chi connectivity index (χ1v) is 7.79. The molecule has 3 rings (SSSR count). The number of carbonyl (C=O) groups is 2. The van der Waals surface area contributed by atoms with Gasteiger partial charge in [-0.15, -0.1) is 0 Å². The van der Waals surface area contributed by atoms with Crippen LogP contribution in [0.2, 0.25) is 0 Å². The van der Waals surface area contributed by atoms with Crippen molar-refractivity contribution in [2.75, 3.05) is 14.2 Å². The first-order chi connectivity index (χ1) is 11.1. The van der Waals surface area contributed by atoms with Crippen molar-refractivity contribution in [2.24, 2.45) is 0 Å². The van der Waals surface area contributed by atoms with Crippen LogP contribution in [0.3, 0.4) is 0 Å². The van der Waals surface area contributed by atoms with Gasteiger partial charge in [0.15, 0.2) is 0 Å². The molecule has 128 valence electrons. The van der Waals surface area contributed by atoms with Gasteiger partial charge < -0.3 is 18.8 Å². The molecular formula is C17H21BO6. The van der Waals surface area contributed by atoms with E-state index >= 15 is 0 Å². The fourth-order valence-corrected chi connectivity index (χ4v) is 2.99. The molecule has 0 saturated carbocycles. The zero-order chi connectivity index (χ0) is 17.9. The van der Waals surface area contributed by atoms with Gasteiger partial charge in [0.1, 0.15) is 0 Å². The maximum Gasteiger partial charge on any atom is 0.494 e. The average Bonchev–Trinajstić information content (AvgIpc) is 2.88. The number of hydrogen-bond acceptors (Lipinski definition) is 6. The summed E-state index contributed by atoms with van der Waals surface area (Å²) < 4.78 is 22.2. The van der Waals surface area contributed by atoms with Crippen LogP contribution in [0.25, 0.3) is 0 Å². The minimum Gasteiger partial charge on any atom is -0.399 e. The number of rotatable bonds is 3. The summed E-state index contributed by atoms with van der Waals surface area (Å²) in [5.74, 6) is -2.89. The van der Waals surface area contributed by atoms with Gasteiger partial charge in [-0.2, -0.15) is 0 Å². The molecule has 1 heterocycles. The summed E-state index contributed by atoms with van der Waals surface area (Å²) in [4.78, 5) is 25.2. The smallest absolute Gasteiger partial charge is 0.399 e. The van der Waals surface area contributed by atoms with E-state index in [0.717, 1.165) is 0 Å². The Bertz CT molecular complexity index is 704. The summed E-state index contributed by atoms with van der Waals surface area (Å²) in [7, 11) is 1.95. The molecule has 0 radical (unpaired) electrons. The molecule has 1 saturated heterocycles. The lowest BCUT2D eigenvalue weighted by molar-refractivity contribution is -0.133. The second-order valence-corrected chi connectivity index (χ2v) is 7.08. The summed E-state index contributed by atoms with van der Waals surface area (Å²) in [6.45, 7) is 7.82. The molecule has 0 atom stereocenters. The van der Waals surface area contributed by atoms with E-state index in [4.69, 9.17) is 18.8 Å². The van der Waals surface area contributed by atoms with E-state index in [9.17, 15) is 9.59 Å². The summed E-state index contributed by atoms with van der Waals surface area (Å²) in [5, 5.41) is 0. The minimum atomic E-state index is -1.89. The van der Waals surface area contributed by atoms with Crippen molar-refractivity contribution in [3.63, 3.8) is 0 Å². The lowest BCUT2D eigenvalue weighted by Crippen LogP contribution is -2.45. The summed E-state index contributed by atoms with van der Waals surface area (Å²) in [6.07, 6.45) is 0. The Morgan fingerprint density at radius 1 is 0.875 bits per heavy atom. The van der Waals surface area contributed by atoms with Crippen LogP contribution in [0.5, 0.6) is 0 Å². The van der Waals surface area contributed by atoms with E-state index in [1.54, 1.807) is 18.2 Å². The van der Waals surface area contributed by atoms with Crippen molar-refractivity contribution >= 4 is 24.1 Å². The molecule has 0 spiro atoms. The molecule has 1 aliphatic heterocycles. The topological polar surface area (TPSA) is 71.1 Å². The summed E-state index contributed by atoms with van der Waals surface area (Å²) >= 11 is 0. The largest absolute Gasteiger partial charge is 0.494 e. The maximum absolute atomic E-state index is 12.7. The SMILES string of the molecule is COC1(OC)C(=O)c2ccc(B3OC(C)(C)C(C)(C)O3)cc2C1=O. The Morgan fingerprint density at radius 3 is 1.88 bits per heavy atom. The van der Waals surface area contributed by atoms with Gasteiger partial charge in [0, 0.05) is 25.3 Å². The Kier molecular flexibility index (Phi) is 3.77. The van der Waals surface area contributed by atoms with Crippen LogP contribution >= 0.6 is 0 Å². The van der Waals surface area contributed by atoms with Crippen molar-refractivity contribution in [2.45, 2.75) is 44.7 Å². The quantitative estimate of drug-likeness (QED) is 0.473. The molecule has 1 fully saturated rings. The fraction of sp³-hybridized carbons (Fsp3) is 0.529. The fourth-order valence-electron chi connectivity index (χ4n) is 2.99. The molecule has 2 aliphatic rings. The first kappa shape index (κ1) is 17.3. The summed E-state index contributed by atoms with van der Waals surface area (Å²) in [6, 6.07) is 4.95. The van der Waals surface area contributed by atoms with Gasteiger partial charge in [-0.05, 0) is 33.2 Å². The Morgan fingerprint density at radius 2 is 1.38 bits per heavy atom. The van der Waals surface area contributed by atoms with Crippen LogP contribution in [-0.4, -0.2) is 49.9 Å². The van der Waals surface area contributed by atoms with Gasteiger partial charge >= 0.3 is 7.12 Å². The standard InChI is InChI=1S/C17H21BO6/c1-15(2)16(3,4)24-18(23-15)10-7-8-11-12(9-10)14(20)17(21-5,22-6)13(11)19/h7-9H,1-6H3. The second kappa shape index (κ2) is 5.23. The Balaban J connectivity index is 2.00. The van der Waals surface area contributed by atoms with Crippen molar-refractivity contribution in [1.82, 2.24) is 0 Å². The van der Waals surface area contributed by atoms with Gasteiger partial charge in [0.05, 0.1) is 11.2 Å². The predicted molar refractivity (Wildman–Crippen MR) is 87.6 cm³/mol. The molecule has 0 bridgehead atoms. The molecule has 1 aliphatic carbocycles. The normalized spacial score (nSPS) is 23.7.